The molecule has 192 valence electrons. The topological polar surface area (TPSA) is 113 Å². The van der Waals surface area contributed by atoms with Gasteiger partial charge in [0.1, 0.15) is 6.04 Å². The Bertz CT molecular complexity index is 1630. The number of carbonyl (C=O) groups excluding carboxylic acids is 1. The summed E-state index contributed by atoms with van der Waals surface area (Å²) in [6, 6.07) is 9.08. The number of nitrogens with zero attached hydrogens (tertiary/aromatic N) is 3. The van der Waals surface area contributed by atoms with Crippen LogP contribution in [0.2, 0.25) is 5.02 Å². The van der Waals surface area contributed by atoms with Crippen molar-refractivity contribution in [2.45, 2.75) is 26.8 Å². The standard InChI is InChI=1S/C25H21BrClN3O6S/c1-4-35-22-16(26)10-14(11-18(22)30(33)34)12-19-23(31)29-21(15-8-6-7-9-17(15)27)20(24(32)36-5-2)13(3)28-25(29)37-19/h6-12,21H,4-5H2,1-3H3/b19-12-/t21-/m0/s1. The van der Waals surface area contributed by atoms with Crippen molar-refractivity contribution in [2.24, 2.45) is 4.99 Å². The minimum atomic E-state index is -0.854. The molecule has 0 unspecified atom stereocenters. The lowest BCUT2D eigenvalue weighted by Gasteiger charge is -2.25. The van der Waals surface area contributed by atoms with E-state index in [1.165, 1.54) is 10.6 Å². The summed E-state index contributed by atoms with van der Waals surface area (Å²) in [7, 11) is 0. The zero-order chi connectivity index (χ0) is 26.9. The van der Waals surface area contributed by atoms with Crippen LogP contribution in [0.25, 0.3) is 6.08 Å². The SMILES string of the molecule is CCOC(=O)C1=C(C)N=c2s/c(=C\c3cc(Br)c(OCC)c([N+](=O)[O-])c3)c(=O)n2[C@H]1c1ccccc1Cl. The number of carbonyl (C=O) groups is 1. The number of esters is 1. The van der Waals surface area contributed by atoms with Gasteiger partial charge in [-0.25, -0.2) is 9.79 Å². The van der Waals surface area contributed by atoms with E-state index in [1.54, 1.807) is 57.2 Å². The van der Waals surface area contributed by atoms with Crippen molar-refractivity contribution < 1.29 is 19.2 Å². The van der Waals surface area contributed by atoms with Gasteiger partial charge in [0.2, 0.25) is 5.75 Å². The second-order valence-corrected chi connectivity index (χ2v) is 10.1. The number of allylic oxidation sites excluding steroid dienone is 1. The summed E-state index contributed by atoms with van der Waals surface area (Å²) in [6.45, 7) is 5.51. The predicted octanol–water partition coefficient (Wildman–Crippen LogP) is 4.52. The molecule has 1 aromatic heterocycles. The Morgan fingerprint density at radius 2 is 2.03 bits per heavy atom. The van der Waals surface area contributed by atoms with Crippen LogP contribution >= 0.6 is 38.9 Å². The van der Waals surface area contributed by atoms with E-state index < -0.39 is 22.5 Å². The van der Waals surface area contributed by atoms with E-state index in [2.05, 4.69) is 20.9 Å². The van der Waals surface area contributed by atoms with Gasteiger partial charge in [-0.3, -0.25) is 19.5 Å². The maximum absolute atomic E-state index is 13.7. The normalized spacial score (nSPS) is 15.3. The smallest absolute Gasteiger partial charge is 0.338 e. The van der Waals surface area contributed by atoms with Crippen LogP contribution in [-0.4, -0.2) is 28.7 Å². The first-order valence-corrected chi connectivity index (χ1v) is 13.2. The fraction of sp³-hybridized carbons (Fsp3) is 0.240. The highest BCUT2D eigenvalue weighted by molar-refractivity contribution is 9.10. The summed E-state index contributed by atoms with van der Waals surface area (Å²) < 4.78 is 12.8. The summed E-state index contributed by atoms with van der Waals surface area (Å²) in [4.78, 5) is 42.7. The van der Waals surface area contributed by atoms with E-state index in [9.17, 15) is 19.7 Å². The molecule has 0 amide bonds. The Morgan fingerprint density at radius 3 is 2.68 bits per heavy atom. The number of nitro groups is 1. The van der Waals surface area contributed by atoms with Crippen LogP contribution in [0.1, 0.15) is 37.9 Å². The molecule has 2 heterocycles. The van der Waals surface area contributed by atoms with Gasteiger partial charge in [0.25, 0.3) is 5.56 Å². The lowest BCUT2D eigenvalue weighted by atomic mass is 9.96. The molecule has 12 heteroatoms. The van der Waals surface area contributed by atoms with Gasteiger partial charge >= 0.3 is 11.7 Å². The van der Waals surface area contributed by atoms with Crippen LogP contribution in [-0.2, 0) is 9.53 Å². The average Bonchev–Trinajstić information content (AvgIpc) is 3.14. The molecule has 2 aromatic carbocycles. The first kappa shape index (κ1) is 26.8. The first-order valence-electron chi connectivity index (χ1n) is 11.2. The summed E-state index contributed by atoms with van der Waals surface area (Å²) in [6.07, 6.45) is 1.55. The molecule has 0 aliphatic carbocycles. The van der Waals surface area contributed by atoms with Crippen molar-refractivity contribution in [3.05, 3.63) is 98.1 Å². The molecule has 37 heavy (non-hydrogen) atoms. The number of hydrogen-bond acceptors (Lipinski definition) is 8. The van der Waals surface area contributed by atoms with Crippen molar-refractivity contribution in [2.75, 3.05) is 13.2 Å². The zero-order valence-electron chi connectivity index (χ0n) is 20.0. The molecule has 1 aliphatic rings. The van der Waals surface area contributed by atoms with E-state index in [0.29, 0.717) is 31.1 Å². The van der Waals surface area contributed by atoms with Crippen molar-refractivity contribution in [1.29, 1.82) is 0 Å². The van der Waals surface area contributed by atoms with Crippen molar-refractivity contribution in [1.82, 2.24) is 4.57 Å². The molecule has 0 spiro atoms. The molecule has 0 saturated heterocycles. The number of aromatic nitrogens is 1. The highest BCUT2D eigenvalue weighted by Crippen LogP contribution is 2.37. The molecule has 0 bridgehead atoms. The van der Waals surface area contributed by atoms with Crippen LogP contribution in [0.3, 0.4) is 0 Å². The summed E-state index contributed by atoms with van der Waals surface area (Å²) in [5.74, 6) is -0.478. The third-order valence-electron chi connectivity index (χ3n) is 5.55. The number of nitro benzene ring substituents is 1. The molecule has 0 N–H and O–H groups in total. The van der Waals surface area contributed by atoms with Gasteiger partial charge in [-0.2, -0.15) is 0 Å². The van der Waals surface area contributed by atoms with E-state index in [4.69, 9.17) is 21.1 Å². The number of fused-ring (bicyclic) bond motifs is 1. The molecule has 1 aliphatic heterocycles. The Hall–Kier alpha value is -3.28. The first-order chi connectivity index (χ1) is 17.7. The second-order valence-electron chi connectivity index (χ2n) is 7.86. The highest BCUT2D eigenvalue weighted by Gasteiger charge is 2.34. The number of ether oxygens (including phenoxy) is 2. The Balaban J connectivity index is 1.96. The van der Waals surface area contributed by atoms with Gasteiger partial charge in [-0.1, -0.05) is 41.1 Å². The molecule has 9 nitrogen and oxygen atoms in total. The van der Waals surface area contributed by atoms with Gasteiger partial charge in [0.15, 0.2) is 4.80 Å². The maximum Gasteiger partial charge on any atom is 0.338 e. The van der Waals surface area contributed by atoms with Crippen molar-refractivity contribution in [3.63, 3.8) is 0 Å². The van der Waals surface area contributed by atoms with Gasteiger partial charge < -0.3 is 9.47 Å². The fourth-order valence-corrected chi connectivity index (χ4v) is 5.91. The van der Waals surface area contributed by atoms with Gasteiger partial charge in [-0.05, 0) is 66.0 Å². The predicted molar refractivity (Wildman–Crippen MR) is 144 cm³/mol. The minimum Gasteiger partial charge on any atom is -0.486 e. The molecule has 1 atom stereocenters. The van der Waals surface area contributed by atoms with E-state index >= 15 is 0 Å². The molecule has 4 rings (SSSR count). The van der Waals surface area contributed by atoms with E-state index in [0.717, 1.165) is 11.3 Å². The lowest BCUT2D eigenvalue weighted by Crippen LogP contribution is -2.40. The highest BCUT2D eigenvalue weighted by atomic mass is 79.9. The largest absolute Gasteiger partial charge is 0.486 e. The Kier molecular flexibility index (Phi) is 7.96. The van der Waals surface area contributed by atoms with Gasteiger partial charge in [-0.15, -0.1) is 0 Å². The fourth-order valence-electron chi connectivity index (χ4n) is 4.04. The summed E-state index contributed by atoms with van der Waals surface area (Å²) >= 11 is 10.9. The van der Waals surface area contributed by atoms with Crippen LogP contribution in [0.15, 0.2) is 61.9 Å². The van der Waals surface area contributed by atoms with E-state index in [-0.39, 0.29) is 34.8 Å². The summed E-state index contributed by atoms with van der Waals surface area (Å²) in [5, 5.41) is 12.0. The third-order valence-corrected chi connectivity index (χ3v) is 7.46. The monoisotopic (exact) mass is 605 g/mol. The average molecular weight is 607 g/mol. The van der Waals surface area contributed by atoms with Crippen LogP contribution in [0, 0.1) is 10.1 Å². The lowest BCUT2D eigenvalue weighted by molar-refractivity contribution is -0.385. The van der Waals surface area contributed by atoms with Crippen LogP contribution < -0.4 is 19.6 Å². The number of thiazole rings is 1. The quantitative estimate of drug-likeness (QED) is 0.222. The Morgan fingerprint density at radius 1 is 1.30 bits per heavy atom. The maximum atomic E-state index is 13.7. The van der Waals surface area contributed by atoms with Crippen LogP contribution in [0.4, 0.5) is 5.69 Å². The number of hydrogen-bond donors (Lipinski definition) is 0. The van der Waals surface area contributed by atoms with Gasteiger partial charge in [0, 0.05) is 11.1 Å². The molecular formula is C25H21BrClN3O6S. The van der Waals surface area contributed by atoms with E-state index in [1.807, 2.05) is 0 Å². The van der Waals surface area contributed by atoms with Crippen LogP contribution in [0.5, 0.6) is 5.75 Å². The second kappa shape index (κ2) is 11.0. The third kappa shape index (κ3) is 5.11. The molecule has 3 aromatic rings. The van der Waals surface area contributed by atoms with Crippen molar-refractivity contribution in [3.8, 4) is 5.75 Å². The number of halogens is 2. The zero-order valence-corrected chi connectivity index (χ0v) is 23.1. The number of benzene rings is 2. The Labute approximate surface area is 228 Å². The molecule has 0 radical (unpaired) electrons. The molecule has 0 fully saturated rings. The minimum absolute atomic E-state index is 0.111. The number of rotatable bonds is 7. The van der Waals surface area contributed by atoms with Crippen molar-refractivity contribution >= 4 is 56.6 Å². The molecule has 0 saturated carbocycles. The molecular weight excluding hydrogens is 586 g/mol. The summed E-state index contributed by atoms with van der Waals surface area (Å²) in [5.41, 5.74) is 0.945. The van der Waals surface area contributed by atoms with Gasteiger partial charge in [0.05, 0.1) is 38.4 Å².